The number of hydrogen-bond donors (Lipinski definition) is 1. The Kier molecular flexibility index (Phi) is 4.79. The van der Waals surface area contributed by atoms with E-state index in [0.717, 1.165) is 36.1 Å². The van der Waals surface area contributed by atoms with Gasteiger partial charge in [0.05, 0.1) is 5.56 Å². The SMILES string of the molecule is CCC(=O)c1cc2cc(Br)ccc2c(-c2cccc3cc(Br)ccc23)c1O. The molecule has 0 saturated heterocycles. The molecule has 0 fully saturated rings. The lowest BCUT2D eigenvalue weighted by molar-refractivity contribution is 0.0986. The average molecular weight is 484 g/mol. The fourth-order valence-electron chi connectivity index (χ4n) is 3.51. The van der Waals surface area contributed by atoms with Crippen molar-refractivity contribution in [2.24, 2.45) is 0 Å². The Hall–Kier alpha value is -2.17. The summed E-state index contributed by atoms with van der Waals surface area (Å²) in [5.41, 5.74) is 1.98. The standard InChI is InChI=1S/C23H16Br2O2/c1-2-21(26)20-12-14-11-16(25)7-9-18(14)22(23(20)27)19-5-3-4-13-10-15(24)6-8-17(13)19/h3-12,27H,2H2,1H3. The van der Waals surface area contributed by atoms with Crippen molar-refractivity contribution in [1.82, 2.24) is 0 Å². The molecule has 0 aliphatic rings. The number of carbonyl (C=O) groups is 1. The molecule has 134 valence electrons. The van der Waals surface area contributed by atoms with Gasteiger partial charge in [-0.05, 0) is 57.4 Å². The van der Waals surface area contributed by atoms with Gasteiger partial charge in [-0.1, -0.05) is 69.1 Å². The van der Waals surface area contributed by atoms with Crippen molar-refractivity contribution >= 4 is 59.2 Å². The number of aromatic hydroxyl groups is 1. The Morgan fingerprint density at radius 2 is 1.56 bits per heavy atom. The van der Waals surface area contributed by atoms with E-state index in [2.05, 4.69) is 37.9 Å². The van der Waals surface area contributed by atoms with E-state index in [0.29, 0.717) is 17.5 Å². The maximum absolute atomic E-state index is 12.5. The lowest BCUT2D eigenvalue weighted by Gasteiger charge is -2.16. The number of fused-ring (bicyclic) bond motifs is 2. The topological polar surface area (TPSA) is 37.3 Å². The van der Waals surface area contributed by atoms with Gasteiger partial charge in [-0.2, -0.15) is 0 Å². The van der Waals surface area contributed by atoms with Crippen LogP contribution in [0, 0.1) is 0 Å². The van der Waals surface area contributed by atoms with E-state index in [-0.39, 0.29) is 11.5 Å². The average Bonchev–Trinajstić information content (AvgIpc) is 2.66. The summed E-state index contributed by atoms with van der Waals surface area (Å²) in [5.74, 6) is -0.0225. The third-order valence-electron chi connectivity index (χ3n) is 4.81. The minimum atomic E-state index is -0.0707. The van der Waals surface area contributed by atoms with Crippen molar-refractivity contribution < 1.29 is 9.90 Å². The van der Waals surface area contributed by atoms with Gasteiger partial charge in [0.1, 0.15) is 5.75 Å². The van der Waals surface area contributed by atoms with Gasteiger partial charge < -0.3 is 5.11 Å². The highest BCUT2D eigenvalue weighted by Crippen LogP contribution is 2.43. The molecule has 4 aromatic carbocycles. The monoisotopic (exact) mass is 482 g/mol. The van der Waals surface area contributed by atoms with Crippen LogP contribution >= 0.6 is 31.9 Å². The van der Waals surface area contributed by atoms with Crippen LogP contribution in [0.4, 0.5) is 0 Å². The smallest absolute Gasteiger partial charge is 0.166 e. The summed E-state index contributed by atoms with van der Waals surface area (Å²) in [7, 11) is 0. The maximum atomic E-state index is 12.5. The van der Waals surface area contributed by atoms with Crippen LogP contribution in [0.5, 0.6) is 5.75 Å². The van der Waals surface area contributed by atoms with E-state index >= 15 is 0 Å². The highest BCUT2D eigenvalue weighted by atomic mass is 79.9. The highest BCUT2D eigenvalue weighted by molar-refractivity contribution is 9.10. The predicted octanol–water partition coefficient (Wildman–Crippen LogP) is 7.48. The molecule has 0 aromatic heterocycles. The van der Waals surface area contributed by atoms with Gasteiger partial charge in [0.15, 0.2) is 5.78 Å². The number of Topliss-reactive ketones (excluding diaryl/α,β-unsaturated/α-hetero) is 1. The van der Waals surface area contributed by atoms with E-state index in [1.807, 2.05) is 55.5 Å². The molecule has 27 heavy (non-hydrogen) atoms. The van der Waals surface area contributed by atoms with Gasteiger partial charge in [0.25, 0.3) is 0 Å². The van der Waals surface area contributed by atoms with Crippen LogP contribution in [0.1, 0.15) is 23.7 Å². The molecule has 0 atom stereocenters. The largest absolute Gasteiger partial charge is 0.507 e. The normalized spacial score (nSPS) is 11.2. The summed E-state index contributed by atoms with van der Waals surface area (Å²) >= 11 is 7.02. The van der Waals surface area contributed by atoms with Crippen molar-refractivity contribution in [2.45, 2.75) is 13.3 Å². The molecule has 0 radical (unpaired) electrons. The molecular weight excluding hydrogens is 468 g/mol. The zero-order valence-corrected chi connectivity index (χ0v) is 17.8. The quantitative estimate of drug-likeness (QED) is 0.306. The summed E-state index contributed by atoms with van der Waals surface area (Å²) in [6, 6.07) is 19.8. The molecule has 1 N–H and O–H groups in total. The first-order valence-corrected chi connectivity index (χ1v) is 10.2. The summed E-state index contributed by atoms with van der Waals surface area (Å²) in [6.45, 7) is 1.81. The number of hydrogen-bond acceptors (Lipinski definition) is 2. The van der Waals surface area contributed by atoms with Crippen molar-refractivity contribution in [1.29, 1.82) is 0 Å². The maximum Gasteiger partial charge on any atom is 0.166 e. The first-order chi connectivity index (χ1) is 13.0. The van der Waals surface area contributed by atoms with Gasteiger partial charge in [-0.15, -0.1) is 0 Å². The Bertz CT molecular complexity index is 1210. The molecule has 0 aliphatic heterocycles. The highest BCUT2D eigenvalue weighted by Gasteiger charge is 2.19. The second kappa shape index (κ2) is 7.10. The van der Waals surface area contributed by atoms with E-state index in [1.54, 1.807) is 6.07 Å². The molecule has 4 heteroatoms. The van der Waals surface area contributed by atoms with E-state index < -0.39 is 0 Å². The lowest BCUT2D eigenvalue weighted by atomic mass is 9.90. The zero-order valence-electron chi connectivity index (χ0n) is 14.6. The fraction of sp³-hybridized carbons (Fsp3) is 0.0870. The fourth-order valence-corrected chi connectivity index (χ4v) is 4.27. The zero-order chi connectivity index (χ0) is 19.1. The Balaban J connectivity index is 2.16. The first kappa shape index (κ1) is 18.2. The summed E-state index contributed by atoms with van der Waals surface area (Å²) in [6.07, 6.45) is 0.342. The summed E-state index contributed by atoms with van der Waals surface area (Å²) in [4.78, 5) is 12.5. The summed E-state index contributed by atoms with van der Waals surface area (Å²) < 4.78 is 1.93. The number of phenolic OH excluding ortho intramolecular Hbond substituents is 1. The molecule has 0 bridgehead atoms. The lowest BCUT2D eigenvalue weighted by Crippen LogP contribution is -1.99. The number of halogens is 2. The molecule has 0 saturated carbocycles. The third kappa shape index (κ3) is 3.17. The Labute approximate surface area is 174 Å². The van der Waals surface area contributed by atoms with Gasteiger partial charge in [-0.3, -0.25) is 4.79 Å². The van der Waals surface area contributed by atoms with Crippen LogP contribution in [0.2, 0.25) is 0 Å². The Morgan fingerprint density at radius 1 is 0.889 bits per heavy atom. The third-order valence-corrected chi connectivity index (χ3v) is 5.79. The van der Waals surface area contributed by atoms with E-state index in [9.17, 15) is 9.90 Å². The van der Waals surface area contributed by atoms with Crippen molar-refractivity contribution in [3.63, 3.8) is 0 Å². The van der Waals surface area contributed by atoms with E-state index in [4.69, 9.17) is 0 Å². The molecule has 2 nitrogen and oxygen atoms in total. The molecular formula is C23H16Br2O2. The summed E-state index contributed by atoms with van der Waals surface area (Å²) in [5, 5.41) is 15.0. The number of phenols is 1. The van der Waals surface area contributed by atoms with Crippen molar-refractivity contribution in [2.75, 3.05) is 0 Å². The van der Waals surface area contributed by atoms with Crippen LogP contribution in [-0.4, -0.2) is 10.9 Å². The van der Waals surface area contributed by atoms with Gasteiger partial charge >= 0.3 is 0 Å². The molecule has 0 aliphatic carbocycles. The van der Waals surface area contributed by atoms with Gasteiger partial charge in [0.2, 0.25) is 0 Å². The second-order valence-corrected chi connectivity index (χ2v) is 8.29. The number of carbonyl (C=O) groups excluding carboxylic acids is 1. The number of benzene rings is 4. The molecule has 4 rings (SSSR count). The second-order valence-electron chi connectivity index (χ2n) is 6.46. The number of ketones is 1. The molecule has 4 aromatic rings. The molecule has 0 amide bonds. The van der Waals surface area contributed by atoms with E-state index in [1.165, 1.54) is 0 Å². The van der Waals surface area contributed by atoms with Crippen molar-refractivity contribution in [3.05, 3.63) is 75.2 Å². The van der Waals surface area contributed by atoms with Crippen LogP contribution < -0.4 is 0 Å². The van der Waals surface area contributed by atoms with Crippen LogP contribution in [0.25, 0.3) is 32.7 Å². The predicted molar refractivity (Wildman–Crippen MR) is 119 cm³/mol. The molecule has 0 unspecified atom stereocenters. The van der Waals surface area contributed by atoms with Crippen LogP contribution in [0.15, 0.2) is 69.6 Å². The minimum absolute atomic E-state index is 0.0482. The van der Waals surface area contributed by atoms with Gasteiger partial charge in [-0.25, -0.2) is 0 Å². The van der Waals surface area contributed by atoms with Crippen molar-refractivity contribution in [3.8, 4) is 16.9 Å². The first-order valence-electron chi connectivity index (χ1n) is 8.66. The molecule has 0 heterocycles. The molecule has 0 spiro atoms. The van der Waals surface area contributed by atoms with Gasteiger partial charge in [0, 0.05) is 20.9 Å². The Morgan fingerprint density at radius 3 is 2.26 bits per heavy atom. The van der Waals surface area contributed by atoms with Crippen LogP contribution in [0.3, 0.4) is 0 Å². The van der Waals surface area contributed by atoms with Crippen LogP contribution in [-0.2, 0) is 0 Å². The number of rotatable bonds is 3. The minimum Gasteiger partial charge on any atom is -0.507 e.